The van der Waals surface area contributed by atoms with E-state index in [0.717, 1.165) is 28.6 Å². The van der Waals surface area contributed by atoms with Crippen molar-refractivity contribution >= 4 is 39.3 Å². The molecule has 7 heteroatoms. The van der Waals surface area contributed by atoms with Gasteiger partial charge in [0.05, 0.1) is 12.6 Å². The van der Waals surface area contributed by atoms with Crippen LogP contribution in [-0.2, 0) is 9.59 Å². The van der Waals surface area contributed by atoms with E-state index in [-0.39, 0.29) is 30.3 Å². The van der Waals surface area contributed by atoms with Crippen molar-refractivity contribution in [2.75, 3.05) is 18.0 Å². The molecule has 1 fully saturated rings. The fraction of sp³-hybridized carbons (Fsp3) is 0.318. The highest BCUT2D eigenvalue weighted by Crippen LogP contribution is 2.22. The van der Waals surface area contributed by atoms with E-state index in [2.05, 4.69) is 26.6 Å². The van der Waals surface area contributed by atoms with Crippen LogP contribution in [0.15, 0.2) is 53.0 Å². The van der Waals surface area contributed by atoms with Crippen LogP contribution in [0.5, 0.6) is 0 Å². The molecule has 6 nitrogen and oxygen atoms in total. The normalized spacial score (nSPS) is 14.6. The summed E-state index contributed by atoms with van der Waals surface area (Å²) in [4.78, 5) is 38.1. The highest BCUT2D eigenvalue weighted by atomic mass is 79.9. The third-order valence-corrected chi connectivity index (χ3v) is 5.47. The van der Waals surface area contributed by atoms with Crippen LogP contribution in [0.2, 0.25) is 0 Å². The SMILES string of the molecule is CC[C@H](NC(=O)CNC(=O)c1ccc(N2CCCC2=O)cc1)c1ccc(Br)cc1. The van der Waals surface area contributed by atoms with E-state index in [4.69, 9.17) is 0 Å². The van der Waals surface area contributed by atoms with Gasteiger partial charge in [0, 0.05) is 28.7 Å². The summed E-state index contributed by atoms with van der Waals surface area (Å²) in [5.41, 5.74) is 2.26. The Morgan fingerprint density at radius 2 is 1.79 bits per heavy atom. The lowest BCUT2D eigenvalue weighted by Crippen LogP contribution is -2.38. The zero-order valence-corrected chi connectivity index (χ0v) is 17.9. The van der Waals surface area contributed by atoms with E-state index in [0.29, 0.717) is 18.5 Å². The molecule has 3 rings (SSSR count). The molecule has 2 N–H and O–H groups in total. The number of carbonyl (C=O) groups is 3. The van der Waals surface area contributed by atoms with Gasteiger partial charge >= 0.3 is 0 Å². The molecule has 1 aliphatic heterocycles. The van der Waals surface area contributed by atoms with E-state index in [1.807, 2.05) is 31.2 Å². The van der Waals surface area contributed by atoms with E-state index >= 15 is 0 Å². The first-order valence-electron chi connectivity index (χ1n) is 9.71. The zero-order valence-electron chi connectivity index (χ0n) is 16.3. The summed E-state index contributed by atoms with van der Waals surface area (Å²) in [6.07, 6.45) is 2.17. The van der Waals surface area contributed by atoms with Crippen LogP contribution >= 0.6 is 15.9 Å². The summed E-state index contributed by atoms with van der Waals surface area (Å²) in [5.74, 6) is -0.460. The first-order chi connectivity index (χ1) is 14.0. The predicted octanol–water partition coefficient (Wildman–Crippen LogP) is 3.57. The molecule has 1 heterocycles. The van der Waals surface area contributed by atoms with E-state index < -0.39 is 0 Å². The summed E-state index contributed by atoms with van der Waals surface area (Å²) >= 11 is 3.40. The third-order valence-electron chi connectivity index (χ3n) is 4.94. The van der Waals surface area contributed by atoms with E-state index in [1.165, 1.54) is 0 Å². The molecule has 0 saturated carbocycles. The van der Waals surface area contributed by atoms with Crippen molar-refractivity contribution in [3.8, 4) is 0 Å². The van der Waals surface area contributed by atoms with Crippen molar-refractivity contribution in [1.29, 1.82) is 0 Å². The van der Waals surface area contributed by atoms with Gasteiger partial charge in [-0.15, -0.1) is 0 Å². The minimum atomic E-state index is -0.323. The van der Waals surface area contributed by atoms with Gasteiger partial charge in [-0.3, -0.25) is 14.4 Å². The number of halogens is 1. The topological polar surface area (TPSA) is 78.5 Å². The fourth-order valence-corrected chi connectivity index (χ4v) is 3.60. The summed E-state index contributed by atoms with van der Waals surface area (Å²) in [5, 5.41) is 5.59. The molecule has 0 bridgehead atoms. The molecule has 0 unspecified atom stereocenters. The number of nitrogens with one attached hydrogen (secondary N) is 2. The summed E-state index contributed by atoms with van der Waals surface area (Å²) in [7, 11) is 0. The number of anilines is 1. The molecule has 152 valence electrons. The monoisotopic (exact) mass is 457 g/mol. The Bertz CT molecular complexity index is 881. The Balaban J connectivity index is 1.52. The Hall–Kier alpha value is -2.67. The summed E-state index contributed by atoms with van der Waals surface area (Å²) in [6, 6.07) is 14.6. The maximum absolute atomic E-state index is 12.3. The Morgan fingerprint density at radius 1 is 1.10 bits per heavy atom. The minimum absolute atomic E-state index is 0.0990. The minimum Gasteiger partial charge on any atom is -0.348 e. The predicted molar refractivity (Wildman–Crippen MR) is 116 cm³/mol. The van der Waals surface area contributed by atoms with Gasteiger partial charge in [0.15, 0.2) is 0 Å². The molecule has 0 spiro atoms. The molecule has 1 aliphatic rings. The number of carbonyl (C=O) groups excluding carboxylic acids is 3. The van der Waals surface area contributed by atoms with Crippen LogP contribution in [0.1, 0.15) is 48.1 Å². The molecule has 0 radical (unpaired) electrons. The Morgan fingerprint density at radius 3 is 2.38 bits per heavy atom. The van der Waals surface area contributed by atoms with Crippen LogP contribution in [0.3, 0.4) is 0 Å². The molecule has 0 aromatic heterocycles. The lowest BCUT2D eigenvalue weighted by atomic mass is 10.0. The largest absolute Gasteiger partial charge is 0.348 e. The Labute approximate surface area is 178 Å². The highest BCUT2D eigenvalue weighted by Gasteiger charge is 2.21. The number of nitrogens with zero attached hydrogens (tertiary/aromatic N) is 1. The summed E-state index contributed by atoms with van der Waals surface area (Å²) < 4.78 is 0.981. The van der Waals surface area contributed by atoms with Gasteiger partial charge < -0.3 is 15.5 Å². The van der Waals surface area contributed by atoms with Crippen molar-refractivity contribution in [2.24, 2.45) is 0 Å². The first-order valence-corrected chi connectivity index (χ1v) is 10.5. The van der Waals surface area contributed by atoms with Gasteiger partial charge in [-0.05, 0) is 54.8 Å². The maximum Gasteiger partial charge on any atom is 0.251 e. The van der Waals surface area contributed by atoms with Gasteiger partial charge in [0.2, 0.25) is 11.8 Å². The number of hydrogen-bond donors (Lipinski definition) is 2. The third kappa shape index (κ3) is 5.44. The number of hydrogen-bond acceptors (Lipinski definition) is 3. The lowest BCUT2D eigenvalue weighted by molar-refractivity contribution is -0.121. The standard InChI is InChI=1S/C22H24BrN3O3/c1-2-19(15-5-9-17(23)10-6-15)25-20(27)14-24-22(29)16-7-11-18(12-8-16)26-13-3-4-21(26)28/h5-12,19H,2-4,13-14H2,1H3,(H,24,29)(H,25,27)/t19-/m0/s1. The van der Waals surface area contributed by atoms with Crippen LogP contribution in [0.4, 0.5) is 5.69 Å². The van der Waals surface area contributed by atoms with E-state index in [1.54, 1.807) is 29.2 Å². The van der Waals surface area contributed by atoms with Crippen molar-refractivity contribution in [1.82, 2.24) is 10.6 Å². The average Bonchev–Trinajstić information content (AvgIpc) is 3.17. The van der Waals surface area contributed by atoms with Crippen LogP contribution in [-0.4, -0.2) is 30.8 Å². The van der Waals surface area contributed by atoms with Gasteiger partial charge in [0.1, 0.15) is 0 Å². The van der Waals surface area contributed by atoms with Crippen molar-refractivity contribution in [2.45, 2.75) is 32.2 Å². The maximum atomic E-state index is 12.3. The quantitative estimate of drug-likeness (QED) is 0.666. The average molecular weight is 458 g/mol. The second-order valence-electron chi connectivity index (χ2n) is 6.96. The second-order valence-corrected chi connectivity index (χ2v) is 7.87. The molecular weight excluding hydrogens is 434 g/mol. The van der Waals surface area contributed by atoms with Crippen LogP contribution in [0, 0.1) is 0 Å². The molecular formula is C22H24BrN3O3. The smallest absolute Gasteiger partial charge is 0.251 e. The number of amides is 3. The first kappa shape index (κ1) is 21.0. The van der Waals surface area contributed by atoms with Gasteiger partial charge in [-0.25, -0.2) is 0 Å². The van der Waals surface area contributed by atoms with Crippen molar-refractivity contribution in [3.63, 3.8) is 0 Å². The van der Waals surface area contributed by atoms with Gasteiger partial charge in [-0.2, -0.15) is 0 Å². The molecule has 2 aromatic rings. The van der Waals surface area contributed by atoms with Crippen LogP contribution < -0.4 is 15.5 Å². The zero-order chi connectivity index (χ0) is 20.8. The number of rotatable bonds is 7. The van der Waals surface area contributed by atoms with Gasteiger partial charge in [0.25, 0.3) is 5.91 Å². The molecule has 1 saturated heterocycles. The van der Waals surface area contributed by atoms with Crippen molar-refractivity contribution < 1.29 is 14.4 Å². The Kier molecular flexibility index (Phi) is 7.04. The van der Waals surface area contributed by atoms with Gasteiger partial charge in [-0.1, -0.05) is 35.0 Å². The molecule has 1 atom stereocenters. The van der Waals surface area contributed by atoms with Crippen LogP contribution in [0.25, 0.3) is 0 Å². The van der Waals surface area contributed by atoms with E-state index in [9.17, 15) is 14.4 Å². The fourth-order valence-electron chi connectivity index (χ4n) is 3.34. The lowest BCUT2D eigenvalue weighted by Gasteiger charge is -2.18. The molecule has 2 aromatic carbocycles. The highest BCUT2D eigenvalue weighted by molar-refractivity contribution is 9.10. The molecule has 29 heavy (non-hydrogen) atoms. The number of benzene rings is 2. The molecule has 3 amide bonds. The molecule has 0 aliphatic carbocycles. The second kappa shape index (κ2) is 9.69. The van der Waals surface area contributed by atoms with Crippen molar-refractivity contribution in [3.05, 3.63) is 64.1 Å². The summed E-state index contributed by atoms with van der Waals surface area (Å²) in [6.45, 7) is 2.61.